The molecule has 0 amide bonds. The van der Waals surface area contributed by atoms with Crippen LogP contribution in [-0.4, -0.2) is 51.1 Å². The third-order valence-corrected chi connectivity index (χ3v) is 5.05. The first kappa shape index (κ1) is 51.3. The smallest absolute Gasteiger partial charge is 0.872 e. The molecule has 4 rings (SSSR count). The average molecular weight is 1030 g/mol. The van der Waals surface area contributed by atoms with Crippen LogP contribution in [-0.2, 0) is 101 Å². The molecule has 0 unspecified atom stereocenters. The SMILES string of the molecule is O=C(O)c1ccccc1C(=O)O.O=C(O)c1ccccc1[O-].O=C([O-])Cc1ccccc1.O=C([O-])c1ccc(C(=O)[O-])cc1.[Ag+].[Ag+].[Ag+].[Ag+]. The van der Waals surface area contributed by atoms with Crippen molar-refractivity contribution in [2.24, 2.45) is 0 Å². The summed E-state index contributed by atoms with van der Waals surface area (Å²) in [6.07, 6.45) is 0.000833. The van der Waals surface area contributed by atoms with Gasteiger partial charge in [0.05, 0.1) is 28.6 Å². The first-order valence-electron chi connectivity index (χ1n) is 12.1. The number of aliphatic carboxylic acids is 1. The van der Waals surface area contributed by atoms with Gasteiger partial charge in [0, 0.05) is 12.4 Å². The summed E-state index contributed by atoms with van der Waals surface area (Å²) in [5, 5.41) is 66.6. The van der Waals surface area contributed by atoms with Crippen LogP contribution in [0.4, 0.5) is 0 Å². The monoisotopic (exact) mass is 1030 g/mol. The van der Waals surface area contributed by atoms with Crippen molar-refractivity contribution in [2.75, 3.05) is 0 Å². The molecule has 17 heteroatoms. The molecule has 0 spiro atoms. The van der Waals surface area contributed by atoms with Crippen LogP contribution in [0.2, 0.25) is 0 Å². The van der Waals surface area contributed by atoms with E-state index in [0.717, 1.165) is 29.8 Å². The second-order valence-corrected chi connectivity index (χ2v) is 8.14. The van der Waals surface area contributed by atoms with Crippen molar-refractivity contribution in [1.29, 1.82) is 0 Å². The van der Waals surface area contributed by atoms with Crippen molar-refractivity contribution in [3.63, 3.8) is 0 Å². The van der Waals surface area contributed by atoms with Gasteiger partial charge in [-0.2, -0.15) is 0 Å². The van der Waals surface area contributed by atoms with E-state index < -0.39 is 41.6 Å². The van der Waals surface area contributed by atoms with Crippen LogP contribution in [0.1, 0.15) is 57.4 Å². The molecule has 0 heterocycles. The fourth-order valence-electron chi connectivity index (χ4n) is 3.00. The summed E-state index contributed by atoms with van der Waals surface area (Å²) in [6, 6.07) is 24.6. The molecule has 4 aromatic rings. The third-order valence-electron chi connectivity index (χ3n) is 5.05. The zero-order valence-corrected chi connectivity index (χ0v) is 29.6. The Morgan fingerprint density at radius 3 is 1.04 bits per heavy atom. The molecule has 0 fully saturated rings. The summed E-state index contributed by atoms with van der Waals surface area (Å²) in [4.78, 5) is 61.6. The molecule has 0 radical (unpaired) electrons. The number of carboxylic acids is 6. The maximum atomic E-state index is 10.7. The molecular formula is C31H22Ag4O13. The van der Waals surface area contributed by atoms with Crippen LogP contribution in [0.25, 0.3) is 0 Å². The maximum absolute atomic E-state index is 10.7. The summed E-state index contributed by atoms with van der Waals surface area (Å²) < 4.78 is 0. The summed E-state index contributed by atoms with van der Waals surface area (Å²) in [7, 11) is 0. The van der Waals surface area contributed by atoms with Crippen molar-refractivity contribution in [1.82, 2.24) is 0 Å². The van der Waals surface area contributed by atoms with Gasteiger partial charge in [0.2, 0.25) is 0 Å². The number of carbonyl (C=O) groups excluding carboxylic acids is 3. The normalized spacial score (nSPS) is 8.50. The van der Waals surface area contributed by atoms with Gasteiger partial charge in [0.25, 0.3) is 0 Å². The van der Waals surface area contributed by atoms with Gasteiger partial charge in [-0.05, 0) is 34.9 Å². The summed E-state index contributed by atoms with van der Waals surface area (Å²) in [6.45, 7) is 0. The summed E-state index contributed by atoms with van der Waals surface area (Å²) >= 11 is 0. The molecule has 268 valence electrons. The number of benzene rings is 4. The third kappa shape index (κ3) is 20.0. The number of rotatable bonds is 7. The van der Waals surface area contributed by atoms with Gasteiger partial charge in [-0.1, -0.05) is 90.7 Å². The first-order chi connectivity index (χ1) is 20.7. The van der Waals surface area contributed by atoms with Crippen LogP contribution in [0, 0.1) is 0 Å². The Morgan fingerprint density at radius 1 is 0.458 bits per heavy atom. The fraction of sp³-hybridized carbons (Fsp3) is 0.0323. The standard InChI is InChI=1S/2C8H6O4.C8H8O2.C7H6O3.4Ag/c9-7(10)5-1-2-6(4-3-5)8(11)12;9-7(10)5-3-1-2-4-6(5)8(11)12;9-8(10)6-7-4-2-1-3-5-7;8-6-4-2-1-3-5(6)7(9)10;;;;/h2*1-4H,(H,9,10)(H,11,12);1-5H,6H2,(H,9,10);1-4,8H,(H,9,10);;;;/q;;;;4*+1/p-4. The largest absolute Gasteiger partial charge is 1.00 e. The quantitative estimate of drug-likeness (QED) is 0.205. The summed E-state index contributed by atoms with van der Waals surface area (Å²) in [5.41, 5.74) is 0.111. The molecule has 0 bridgehead atoms. The van der Waals surface area contributed by atoms with E-state index >= 15 is 0 Å². The van der Waals surface area contributed by atoms with Gasteiger partial charge in [-0.3, -0.25) is 0 Å². The topological polar surface area (TPSA) is 255 Å². The molecule has 4 aromatic carbocycles. The first-order valence-corrected chi connectivity index (χ1v) is 12.1. The molecule has 0 saturated carbocycles. The second kappa shape index (κ2) is 27.4. The zero-order valence-electron chi connectivity index (χ0n) is 23.7. The van der Waals surface area contributed by atoms with Crippen molar-refractivity contribution in [2.45, 2.75) is 6.42 Å². The maximum Gasteiger partial charge on any atom is 1.00 e. The van der Waals surface area contributed by atoms with Crippen molar-refractivity contribution < 1.29 is 154 Å². The Balaban J connectivity index is -0.000000262. The molecule has 0 saturated heterocycles. The molecule has 13 nitrogen and oxygen atoms in total. The Bertz CT molecular complexity index is 1550. The second-order valence-electron chi connectivity index (χ2n) is 8.14. The van der Waals surface area contributed by atoms with Crippen LogP contribution in [0.3, 0.4) is 0 Å². The van der Waals surface area contributed by atoms with E-state index in [0.29, 0.717) is 0 Å². The van der Waals surface area contributed by atoms with Gasteiger partial charge in [-0.25, -0.2) is 14.4 Å². The summed E-state index contributed by atoms with van der Waals surface area (Å²) in [5.74, 6) is -7.78. The van der Waals surface area contributed by atoms with Gasteiger partial charge < -0.3 is 50.1 Å². The Labute approximate surface area is 335 Å². The van der Waals surface area contributed by atoms with E-state index in [-0.39, 0.29) is 124 Å². The number of carbonyl (C=O) groups is 6. The van der Waals surface area contributed by atoms with Gasteiger partial charge in [0.15, 0.2) is 0 Å². The van der Waals surface area contributed by atoms with Crippen LogP contribution < -0.4 is 20.4 Å². The van der Waals surface area contributed by atoms with E-state index in [1.54, 1.807) is 24.3 Å². The molecule has 3 N–H and O–H groups in total. The number of hydrogen-bond acceptors (Lipinski definition) is 10. The molecule has 0 atom stereocenters. The molecule has 48 heavy (non-hydrogen) atoms. The Kier molecular flexibility index (Phi) is 29.3. The molecule has 0 aliphatic carbocycles. The van der Waals surface area contributed by atoms with Gasteiger partial charge in [-0.15, -0.1) is 0 Å². The van der Waals surface area contributed by atoms with E-state index in [2.05, 4.69) is 0 Å². The molecule has 0 aromatic heterocycles. The van der Waals surface area contributed by atoms with Crippen LogP contribution in [0.15, 0.2) is 103 Å². The predicted molar refractivity (Wildman–Crippen MR) is 143 cm³/mol. The number of carboxylic acid groups (broad SMARTS) is 6. The van der Waals surface area contributed by atoms with Gasteiger partial charge >= 0.3 is 107 Å². The predicted octanol–water partition coefficient (Wildman–Crippen LogP) is -0.0760. The Hall–Kier alpha value is -3.54. The van der Waals surface area contributed by atoms with Crippen LogP contribution >= 0.6 is 0 Å². The van der Waals surface area contributed by atoms with Crippen molar-refractivity contribution >= 4 is 35.8 Å². The van der Waals surface area contributed by atoms with E-state index in [4.69, 9.17) is 15.3 Å². The molecular weight excluding hydrogens is 1010 g/mol. The minimum absolute atomic E-state index is 0. The van der Waals surface area contributed by atoms with E-state index in [9.17, 15) is 49.2 Å². The average Bonchev–Trinajstić information content (AvgIpc) is 2.98. The number of hydrogen-bond donors (Lipinski definition) is 3. The fourth-order valence-corrected chi connectivity index (χ4v) is 3.00. The number of aromatic carboxylic acids is 5. The van der Waals surface area contributed by atoms with Crippen molar-refractivity contribution in [3.05, 3.63) is 137 Å². The molecule has 0 aliphatic rings. The minimum atomic E-state index is -1.33. The molecule has 0 aliphatic heterocycles. The minimum Gasteiger partial charge on any atom is -0.872 e. The number of para-hydroxylation sites is 1. The van der Waals surface area contributed by atoms with Crippen LogP contribution in [0.5, 0.6) is 5.75 Å². The van der Waals surface area contributed by atoms with E-state index in [1.807, 2.05) is 6.07 Å². The van der Waals surface area contributed by atoms with E-state index in [1.165, 1.54) is 48.5 Å². The van der Waals surface area contributed by atoms with Gasteiger partial charge in [0.1, 0.15) is 0 Å². The Morgan fingerprint density at radius 2 is 0.771 bits per heavy atom. The zero-order chi connectivity index (χ0) is 33.2. The van der Waals surface area contributed by atoms with Crippen molar-refractivity contribution in [3.8, 4) is 5.75 Å².